The van der Waals surface area contributed by atoms with Crippen molar-refractivity contribution in [2.24, 2.45) is 40.4 Å². The van der Waals surface area contributed by atoms with Gasteiger partial charge in [-0.1, -0.05) is 40.0 Å². The smallest absolute Gasteiger partial charge is 0.0266 e. The van der Waals surface area contributed by atoms with E-state index in [4.69, 9.17) is 0 Å². The van der Waals surface area contributed by atoms with E-state index in [1.807, 2.05) is 0 Å². The van der Waals surface area contributed by atoms with Gasteiger partial charge in [0.1, 0.15) is 0 Å². The van der Waals surface area contributed by atoms with Gasteiger partial charge in [0.25, 0.3) is 0 Å². The molecule has 0 saturated heterocycles. The van der Waals surface area contributed by atoms with E-state index >= 15 is 0 Å². The Hall–Kier alpha value is 0. The van der Waals surface area contributed by atoms with Crippen molar-refractivity contribution in [2.75, 3.05) is 0 Å². The topological polar surface area (TPSA) is 0 Å². The van der Waals surface area contributed by atoms with Crippen LogP contribution in [0.4, 0.5) is 0 Å². The quantitative estimate of drug-likeness (QED) is 0.520. The van der Waals surface area contributed by atoms with Gasteiger partial charge in [0.05, 0.1) is 0 Å². The lowest BCUT2D eigenvalue weighted by atomic mass is 9.45. The second-order valence-corrected chi connectivity index (χ2v) is 9.63. The zero-order valence-electron chi connectivity index (χ0n) is 14.7. The van der Waals surface area contributed by atoms with Gasteiger partial charge in [0, 0.05) is 0 Å². The highest BCUT2D eigenvalue weighted by Crippen LogP contribution is 2.67. The van der Waals surface area contributed by atoms with Crippen molar-refractivity contribution in [3.05, 3.63) is 0 Å². The fraction of sp³-hybridized carbons (Fsp3) is 1.00. The lowest BCUT2D eigenvalue weighted by molar-refractivity contribution is -0.110. The van der Waals surface area contributed by atoms with E-state index < -0.39 is 0 Å². The molecule has 0 amide bonds. The normalized spacial score (nSPS) is 56.4. The molecule has 0 bridgehead atoms. The average molecular weight is 289 g/mol. The summed E-state index contributed by atoms with van der Waals surface area (Å²) in [7, 11) is 0. The molecule has 120 valence electrons. The molecule has 0 aromatic rings. The maximum atomic E-state index is 2.71. The summed E-state index contributed by atoms with van der Waals surface area (Å²) in [5.74, 6) is 5.39. The molecule has 0 N–H and O–H groups in total. The molecule has 0 nitrogen and oxygen atoms in total. The monoisotopic (exact) mass is 288 g/mol. The van der Waals surface area contributed by atoms with Crippen LogP contribution in [-0.4, -0.2) is 0 Å². The average Bonchev–Trinajstić information content (AvgIpc) is 2.83. The van der Waals surface area contributed by atoms with Crippen molar-refractivity contribution in [3.63, 3.8) is 0 Å². The van der Waals surface area contributed by atoms with Gasteiger partial charge in [-0.2, -0.15) is 0 Å². The summed E-state index contributed by atoms with van der Waals surface area (Å²) in [5, 5.41) is 0. The van der Waals surface area contributed by atoms with Crippen molar-refractivity contribution in [2.45, 2.75) is 91.4 Å². The molecule has 4 aliphatic rings. The first-order valence-electron chi connectivity index (χ1n) is 10.1. The van der Waals surface area contributed by atoms with Crippen molar-refractivity contribution in [3.8, 4) is 0 Å². The third-order valence-electron chi connectivity index (χ3n) is 9.27. The largest absolute Gasteiger partial charge is 0.0651 e. The van der Waals surface area contributed by atoms with Gasteiger partial charge < -0.3 is 0 Å². The molecule has 0 heteroatoms. The Bertz CT molecular complexity index is 399. The Kier molecular flexibility index (Phi) is 3.47. The van der Waals surface area contributed by atoms with Gasteiger partial charge in [0.15, 0.2) is 0 Å². The molecule has 4 aliphatic carbocycles. The van der Waals surface area contributed by atoms with E-state index in [2.05, 4.69) is 20.8 Å². The summed E-state index contributed by atoms with van der Waals surface area (Å²) in [6.07, 6.45) is 17.0. The molecule has 5 unspecified atom stereocenters. The maximum Gasteiger partial charge on any atom is -0.0266 e. The van der Waals surface area contributed by atoms with Crippen LogP contribution >= 0.6 is 0 Å². The van der Waals surface area contributed by atoms with Gasteiger partial charge in [-0.3, -0.25) is 0 Å². The molecule has 4 saturated carbocycles. The van der Waals surface area contributed by atoms with Crippen molar-refractivity contribution >= 4 is 0 Å². The van der Waals surface area contributed by atoms with Crippen molar-refractivity contribution < 1.29 is 0 Å². The van der Waals surface area contributed by atoms with Crippen molar-refractivity contribution in [1.29, 1.82) is 0 Å². The van der Waals surface area contributed by atoms with Gasteiger partial charge in [-0.15, -0.1) is 0 Å². The van der Waals surface area contributed by atoms with Gasteiger partial charge in [-0.05, 0) is 91.8 Å². The van der Waals surface area contributed by atoms with Gasteiger partial charge in [-0.25, -0.2) is 0 Å². The van der Waals surface area contributed by atoms with E-state index in [-0.39, 0.29) is 0 Å². The highest BCUT2D eigenvalue weighted by Gasteiger charge is 2.59. The van der Waals surface area contributed by atoms with Crippen LogP contribution in [-0.2, 0) is 0 Å². The maximum absolute atomic E-state index is 2.71. The summed E-state index contributed by atoms with van der Waals surface area (Å²) in [5.41, 5.74) is 1.45. The molecule has 21 heavy (non-hydrogen) atoms. The van der Waals surface area contributed by atoms with Crippen LogP contribution in [0, 0.1) is 40.4 Å². The number of fused-ring (bicyclic) bond motifs is 5. The molecule has 0 aliphatic heterocycles. The Labute approximate surface area is 132 Å². The molecule has 4 rings (SSSR count). The number of hydrogen-bond donors (Lipinski definition) is 0. The third kappa shape index (κ3) is 1.93. The minimum atomic E-state index is 0.716. The van der Waals surface area contributed by atoms with E-state index in [1.165, 1.54) is 19.3 Å². The summed E-state index contributed by atoms with van der Waals surface area (Å²) in [6, 6.07) is 0. The first kappa shape index (κ1) is 14.6. The first-order chi connectivity index (χ1) is 10.1. The highest BCUT2D eigenvalue weighted by molar-refractivity contribution is 5.08. The standard InChI is InChI=1S/C21H36/c1-4-15-9-11-18-17-10-8-16-7-5-6-13-20(16,2)19(17)12-14-21(15,18)3/h15-19H,4-14H2,1-3H3/t15?,16?,17?,18?,19?,20-,21+/m0/s1. The fourth-order valence-corrected chi connectivity index (χ4v) is 8.07. The Morgan fingerprint density at radius 1 is 0.762 bits per heavy atom. The minimum Gasteiger partial charge on any atom is -0.0651 e. The fourth-order valence-electron chi connectivity index (χ4n) is 8.07. The zero-order chi connectivity index (χ0) is 14.7. The van der Waals surface area contributed by atoms with E-state index in [0.717, 1.165) is 35.0 Å². The highest BCUT2D eigenvalue weighted by atomic mass is 14.6. The van der Waals surface area contributed by atoms with Crippen LogP contribution in [0.3, 0.4) is 0 Å². The molecular formula is C21H36. The second kappa shape index (κ2) is 5.00. The van der Waals surface area contributed by atoms with Crippen LogP contribution < -0.4 is 0 Å². The van der Waals surface area contributed by atoms with Crippen LogP contribution in [0.2, 0.25) is 0 Å². The zero-order valence-corrected chi connectivity index (χ0v) is 14.7. The molecular weight excluding hydrogens is 252 g/mol. The lowest BCUT2D eigenvalue weighted by Gasteiger charge is -2.60. The minimum absolute atomic E-state index is 0.716. The summed E-state index contributed by atoms with van der Waals surface area (Å²) in [4.78, 5) is 0. The molecule has 4 fully saturated rings. The van der Waals surface area contributed by atoms with Crippen LogP contribution in [0.25, 0.3) is 0 Å². The Morgan fingerprint density at radius 3 is 2.38 bits per heavy atom. The van der Waals surface area contributed by atoms with Gasteiger partial charge in [0.2, 0.25) is 0 Å². The van der Waals surface area contributed by atoms with E-state index in [0.29, 0.717) is 5.41 Å². The molecule has 0 spiro atoms. The molecule has 0 aromatic carbocycles. The molecule has 0 aromatic heterocycles. The Balaban J connectivity index is 1.62. The summed E-state index contributed by atoms with van der Waals surface area (Å²) >= 11 is 0. The summed E-state index contributed by atoms with van der Waals surface area (Å²) in [6.45, 7) is 7.84. The van der Waals surface area contributed by atoms with E-state index in [9.17, 15) is 0 Å². The molecule has 0 heterocycles. The summed E-state index contributed by atoms with van der Waals surface area (Å²) < 4.78 is 0. The van der Waals surface area contributed by atoms with Crippen LogP contribution in [0.5, 0.6) is 0 Å². The van der Waals surface area contributed by atoms with Gasteiger partial charge >= 0.3 is 0 Å². The lowest BCUT2D eigenvalue weighted by Crippen LogP contribution is -2.52. The second-order valence-electron chi connectivity index (χ2n) is 9.63. The molecule has 7 atom stereocenters. The SMILES string of the molecule is CCC1CCC2C3CCC4CCCC[C@]4(C)C3CC[C@]12C. The number of hydrogen-bond acceptors (Lipinski definition) is 0. The third-order valence-corrected chi connectivity index (χ3v) is 9.27. The predicted molar refractivity (Wildman–Crippen MR) is 90.1 cm³/mol. The Morgan fingerprint density at radius 2 is 1.57 bits per heavy atom. The predicted octanol–water partition coefficient (Wildman–Crippen LogP) is 6.45. The van der Waals surface area contributed by atoms with E-state index in [1.54, 1.807) is 51.4 Å². The molecule has 0 radical (unpaired) electrons. The van der Waals surface area contributed by atoms with Crippen molar-refractivity contribution in [1.82, 2.24) is 0 Å². The number of rotatable bonds is 1. The van der Waals surface area contributed by atoms with Crippen LogP contribution in [0.1, 0.15) is 91.4 Å². The van der Waals surface area contributed by atoms with Crippen LogP contribution in [0.15, 0.2) is 0 Å². The first-order valence-corrected chi connectivity index (χ1v) is 10.1.